The van der Waals surface area contributed by atoms with Crippen molar-refractivity contribution in [1.82, 2.24) is 0 Å². The van der Waals surface area contributed by atoms with Gasteiger partial charge in [-0.2, -0.15) is 0 Å². The number of nitrogens with one attached hydrogen (secondary N) is 2. The summed E-state index contributed by atoms with van der Waals surface area (Å²) in [7, 11) is 0. The van der Waals surface area contributed by atoms with Gasteiger partial charge in [0.1, 0.15) is 15.8 Å². The van der Waals surface area contributed by atoms with Crippen molar-refractivity contribution in [3.63, 3.8) is 0 Å². The predicted octanol–water partition coefficient (Wildman–Crippen LogP) is 4.77. The summed E-state index contributed by atoms with van der Waals surface area (Å²) in [5.74, 6) is -2.56. The van der Waals surface area contributed by atoms with Crippen LogP contribution in [-0.4, -0.2) is 21.1 Å². The molecule has 2 N–H and O–H groups in total. The van der Waals surface area contributed by atoms with E-state index in [-0.39, 0.29) is 22.0 Å². The average molecular weight is 447 g/mol. The molecule has 0 saturated heterocycles. The molecule has 1 unspecified atom stereocenters. The summed E-state index contributed by atoms with van der Waals surface area (Å²) in [5.41, 5.74) is -0.585. The van der Waals surface area contributed by atoms with Crippen LogP contribution in [0.15, 0.2) is 36.4 Å². The van der Waals surface area contributed by atoms with Gasteiger partial charge in [-0.05, 0) is 36.8 Å². The summed E-state index contributed by atoms with van der Waals surface area (Å²) in [4.78, 5) is 34.8. The lowest BCUT2D eigenvalue weighted by Crippen LogP contribution is -2.18. The molecule has 1 saturated carbocycles. The van der Waals surface area contributed by atoms with Crippen LogP contribution in [0.4, 0.5) is 21.5 Å². The van der Waals surface area contributed by atoms with Crippen molar-refractivity contribution in [2.45, 2.75) is 10.8 Å². The van der Waals surface area contributed by atoms with E-state index >= 15 is 0 Å². The van der Waals surface area contributed by atoms with Gasteiger partial charge in [0.05, 0.1) is 27.5 Å². The van der Waals surface area contributed by atoms with Gasteiger partial charge in [-0.1, -0.05) is 11.6 Å². The average Bonchev–Trinajstić information content (AvgIpc) is 3.26. The van der Waals surface area contributed by atoms with E-state index < -0.39 is 38.5 Å². The third-order valence-corrected chi connectivity index (χ3v) is 5.19. The van der Waals surface area contributed by atoms with Gasteiger partial charge in [0.15, 0.2) is 0 Å². The van der Waals surface area contributed by atoms with Crippen LogP contribution < -0.4 is 10.6 Å². The molecule has 1 atom stereocenters. The summed E-state index contributed by atoms with van der Waals surface area (Å²) in [6, 6.07) is 6.89. The van der Waals surface area contributed by atoms with Crippen LogP contribution in [0.2, 0.25) is 5.02 Å². The maximum absolute atomic E-state index is 13.2. The molecule has 0 aliphatic heterocycles. The Balaban J connectivity index is 1.81. The third kappa shape index (κ3) is 4.35. The SMILES string of the molecule is O=C(Nc1ccc(F)cc1[N+](=O)[O-])c1cc(NC(=O)C2CC2(Cl)Cl)ccc1Cl. The van der Waals surface area contributed by atoms with Gasteiger partial charge in [0.2, 0.25) is 5.91 Å². The Morgan fingerprint density at radius 2 is 1.86 bits per heavy atom. The quantitative estimate of drug-likeness (QED) is 0.392. The molecule has 0 heterocycles. The van der Waals surface area contributed by atoms with E-state index in [4.69, 9.17) is 34.8 Å². The van der Waals surface area contributed by atoms with Gasteiger partial charge in [-0.15, -0.1) is 23.2 Å². The molecular weight excluding hydrogens is 436 g/mol. The minimum absolute atomic E-state index is 0.0445. The first-order valence-electron chi connectivity index (χ1n) is 7.82. The molecule has 1 fully saturated rings. The number of amides is 2. The Morgan fingerprint density at radius 3 is 2.46 bits per heavy atom. The number of nitro benzene ring substituents is 1. The van der Waals surface area contributed by atoms with Crippen LogP contribution in [-0.2, 0) is 4.79 Å². The molecule has 1 aliphatic rings. The molecule has 146 valence electrons. The number of alkyl halides is 2. The van der Waals surface area contributed by atoms with Gasteiger partial charge in [0, 0.05) is 5.69 Å². The van der Waals surface area contributed by atoms with E-state index in [2.05, 4.69) is 10.6 Å². The Kier molecular flexibility index (Phi) is 5.47. The molecule has 1 aliphatic carbocycles. The summed E-state index contributed by atoms with van der Waals surface area (Å²) in [6.45, 7) is 0. The van der Waals surface area contributed by atoms with Gasteiger partial charge in [-0.3, -0.25) is 19.7 Å². The first-order chi connectivity index (χ1) is 13.1. The van der Waals surface area contributed by atoms with Crippen LogP contribution in [0.1, 0.15) is 16.8 Å². The third-order valence-electron chi connectivity index (χ3n) is 4.03. The Hall–Kier alpha value is -2.42. The van der Waals surface area contributed by atoms with E-state index in [0.717, 1.165) is 12.1 Å². The van der Waals surface area contributed by atoms with Crippen LogP contribution in [0.3, 0.4) is 0 Å². The predicted molar refractivity (Wildman–Crippen MR) is 104 cm³/mol. The minimum Gasteiger partial charge on any atom is -0.326 e. The van der Waals surface area contributed by atoms with Gasteiger partial charge in [0.25, 0.3) is 11.6 Å². The molecule has 7 nitrogen and oxygen atoms in total. The zero-order chi connectivity index (χ0) is 20.6. The van der Waals surface area contributed by atoms with Crippen LogP contribution in [0.5, 0.6) is 0 Å². The first kappa shape index (κ1) is 20.3. The molecule has 0 bridgehead atoms. The van der Waals surface area contributed by atoms with Crippen LogP contribution in [0.25, 0.3) is 0 Å². The molecule has 2 amide bonds. The zero-order valence-electron chi connectivity index (χ0n) is 13.8. The Bertz CT molecular complexity index is 1000. The van der Waals surface area contributed by atoms with Crippen molar-refractivity contribution in [1.29, 1.82) is 0 Å². The van der Waals surface area contributed by atoms with E-state index in [1.807, 2.05) is 0 Å². The van der Waals surface area contributed by atoms with Gasteiger partial charge >= 0.3 is 0 Å². The molecule has 3 rings (SSSR count). The molecule has 2 aromatic carbocycles. The lowest BCUT2D eigenvalue weighted by Gasteiger charge is -2.10. The maximum Gasteiger partial charge on any atom is 0.295 e. The van der Waals surface area contributed by atoms with Crippen molar-refractivity contribution in [3.8, 4) is 0 Å². The number of carbonyl (C=O) groups is 2. The van der Waals surface area contributed by atoms with E-state index in [9.17, 15) is 24.1 Å². The highest BCUT2D eigenvalue weighted by Crippen LogP contribution is 2.53. The van der Waals surface area contributed by atoms with Crippen molar-refractivity contribution in [2.24, 2.45) is 5.92 Å². The molecule has 11 heteroatoms. The number of anilines is 2. The van der Waals surface area contributed by atoms with Crippen molar-refractivity contribution in [2.75, 3.05) is 10.6 Å². The summed E-state index contributed by atoms with van der Waals surface area (Å²) in [6.07, 6.45) is 0.317. The highest BCUT2D eigenvalue weighted by atomic mass is 35.5. The standard InChI is InChI=1S/C17H11Cl3FN3O4/c18-12-3-2-9(22-16(26)11-7-17(11,19)20)6-10(12)15(25)23-13-4-1-8(21)5-14(13)24(27)28/h1-6,11H,7H2,(H,22,26)(H,23,25). The number of halogens is 4. The number of hydrogen-bond acceptors (Lipinski definition) is 4. The summed E-state index contributed by atoms with van der Waals surface area (Å²) in [5, 5.41) is 16.0. The van der Waals surface area contributed by atoms with Crippen molar-refractivity contribution >= 4 is 63.7 Å². The normalized spacial score (nSPS) is 16.9. The fourth-order valence-corrected chi connectivity index (χ4v) is 3.17. The summed E-state index contributed by atoms with van der Waals surface area (Å²) < 4.78 is 12.1. The minimum atomic E-state index is -1.10. The molecule has 0 radical (unpaired) electrons. The van der Waals surface area contributed by atoms with Crippen molar-refractivity contribution < 1.29 is 18.9 Å². The number of hydrogen-bond donors (Lipinski definition) is 2. The number of rotatable bonds is 5. The largest absolute Gasteiger partial charge is 0.326 e. The molecule has 2 aromatic rings. The topological polar surface area (TPSA) is 101 Å². The second-order valence-electron chi connectivity index (χ2n) is 6.07. The number of benzene rings is 2. The van der Waals surface area contributed by atoms with Crippen LogP contribution >= 0.6 is 34.8 Å². The highest BCUT2D eigenvalue weighted by Gasteiger charge is 2.56. The molecule has 28 heavy (non-hydrogen) atoms. The van der Waals surface area contributed by atoms with E-state index in [1.165, 1.54) is 18.2 Å². The zero-order valence-corrected chi connectivity index (χ0v) is 16.1. The maximum atomic E-state index is 13.2. The van der Waals surface area contributed by atoms with Gasteiger partial charge in [-0.25, -0.2) is 4.39 Å². The van der Waals surface area contributed by atoms with Crippen molar-refractivity contribution in [3.05, 3.63) is 62.9 Å². The first-order valence-corrected chi connectivity index (χ1v) is 8.95. The smallest absolute Gasteiger partial charge is 0.295 e. The molecule has 0 aromatic heterocycles. The second-order valence-corrected chi connectivity index (χ2v) is 8.02. The fraction of sp³-hybridized carbons (Fsp3) is 0.176. The lowest BCUT2D eigenvalue weighted by atomic mass is 10.1. The number of nitrogens with zero attached hydrogens (tertiary/aromatic N) is 1. The monoisotopic (exact) mass is 445 g/mol. The van der Waals surface area contributed by atoms with E-state index in [0.29, 0.717) is 12.5 Å². The number of nitro groups is 1. The fourth-order valence-electron chi connectivity index (χ4n) is 2.46. The highest BCUT2D eigenvalue weighted by molar-refractivity contribution is 6.52. The Labute approximate surface area is 172 Å². The Morgan fingerprint density at radius 1 is 1.18 bits per heavy atom. The van der Waals surface area contributed by atoms with Crippen LogP contribution in [0, 0.1) is 21.8 Å². The lowest BCUT2D eigenvalue weighted by molar-refractivity contribution is -0.384. The second kappa shape index (κ2) is 7.54. The molecule has 0 spiro atoms. The van der Waals surface area contributed by atoms with E-state index in [1.54, 1.807) is 0 Å². The summed E-state index contributed by atoms with van der Waals surface area (Å²) >= 11 is 17.7. The number of carbonyl (C=O) groups excluding carboxylic acids is 2. The van der Waals surface area contributed by atoms with Gasteiger partial charge < -0.3 is 10.6 Å². The molecular formula is C17H11Cl3FN3O4.